The van der Waals surface area contributed by atoms with Gasteiger partial charge in [0, 0.05) is 13.6 Å². The van der Waals surface area contributed by atoms with Gasteiger partial charge < -0.3 is 10.6 Å². The second-order valence-electron chi connectivity index (χ2n) is 5.92. The first-order chi connectivity index (χ1) is 12.9. The number of nitrogens with one attached hydrogen (secondary N) is 2. The van der Waals surface area contributed by atoms with Crippen LogP contribution in [0.3, 0.4) is 0 Å². The highest BCUT2D eigenvalue weighted by Gasteiger charge is 2.23. The maximum Gasteiger partial charge on any atom is 0.253 e. The van der Waals surface area contributed by atoms with Crippen molar-refractivity contribution in [2.24, 2.45) is 0 Å². The zero-order chi connectivity index (χ0) is 19.9. The van der Waals surface area contributed by atoms with Crippen molar-refractivity contribution >= 4 is 27.5 Å². The minimum absolute atomic E-state index is 0.111. The monoisotopic (exact) mass is 389 g/mol. The molecule has 7 nitrogen and oxygen atoms in total. The van der Waals surface area contributed by atoms with E-state index < -0.39 is 15.9 Å². The van der Waals surface area contributed by atoms with E-state index in [2.05, 4.69) is 10.6 Å². The molecule has 2 aromatic rings. The Morgan fingerprint density at radius 1 is 1.00 bits per heavy atom. The lowest BCUT2D eigenvalue weighted by Gasteiger charge is -2.17. The molecule has 8 heteroatoms. The molecule has 0 aromatic heterocycles. The van der Waals surface area contributed by atoms with E-state index in [9.17, 15) is 18.0 Å². The molecule has 2 aromatic carbocycles. The number of likely N-dealkylation sites (N-methyl/N-ethyl adjacent to an activating group) is 1. The molecule has 0 bridgehead atoms. The number of benzene rings is 2. The van der Waals surface area contributed by atoms with Gasteiger partial charge in [0.2, 0.25) is 15.9 Å². The van der Waals surface area contributed by atoms with Crippen molar-refractivity contribution in [1.82, 2.24) is 9.62 Å². The van der Waals surface area contributed by atoms with Gasteiger partial charge >= 0.3 is 0 Å². The molecule has 0 radical (unpaired) electrons. The van der Waals surface area contributed by atoms with Crippen LogP contribution in [0.4, 0.5) is 5.69 Å². The SMILES string of the molecule is CCCNC(=O)c1ccccc1NC(=O)CN(C)S(=O)(=O)c1ccccc1. The molecule has 0 saturated heterocycles. The summed E-state index contributed by atoms with van der Waals surface area (Å²) >= 11 is 0. The standard InChI is InChI=1S/C19H23N3O4S/c1-3-13-20-19(24)16-11-7-8-12-17(16)21-18(23)14-22(2)27(25,26)15-9-5-4-6-10-15/h4-12H,3,13-14H2,1-2H3,(H,20,24)(H,21,23). The van der Waals surface area contributed by atoms with Crippen molar-refractivity contribution in [3.05, 3.63) is 60.2 Å². The summed E-state index contributed by atoms with van der Waals surface area (Å²) in [6.45, 7) is 2.10. The van der Waals surface area contributed by atoms with E-state index in [0.717, 1.165) is 10.7 Å². The lowest BCUT2D eigenvalue weighted by atomic mass is 10.1. The van der Waals surface area contributed by atoms with E-state index in [-0.39, 0.29) is 17.3 Å². The molecular formula is C19H23N3O4S. The molecule has 2 amide bonds. The van der Waals surface area contributed by atoms with Gasteiger partial charge in [-0.15, -0.1) is 0 Å². The van der Waals surface area contributed by atoms with Crippen LogP contribution >= 0.6 is 0 Å². The maximum absolute atomic E-state index is 12.5. The summed E-state index contributed by atoms with van der Waals surface area (Å²) in [5.41, 5.74) is 0.662. The lowest BCUT2D eigenvalue weighted by molar-refractivity contribution is -0.116. The van der Waals surface area contributed by atoms with Crippen LogP contribution in [-0.2, 0) is 14.8 Å². The van der Waals surface area contributed by atoms with E-state index in [1.165, 1.54) is 19.2 Å². The number of anilines is 1. The summed E-state index contributed by atoms with van der Waals surface area (Å²) < 4.78 is 26.0. The fourth-order valence-electron chi connectivity index (χ4n) is 2.37. The highest BCUT2D eigenvalue weighted by Crippen LogP contribution is 2.16. The molecule has 144 valence electrons. The van der Waals surface area contributed by atoms with E-state index in [0.29, 0.717) is 17.8 Å². The van der Waals surface area contributed by atoms with Crippen molar-refractivity contribution in [1.29, 1.82) is 0 Å². The molecule has 0 aliphatic heterocycles. The van der Waals surface area contributed by atoms with Crippen LogP contribution < -0.4 is 10.6 Å². The van der Waals surface area contributed by atoms with Crippen molar-refractivity contribution in [3.63, 3.8) is 0 Å². The maximum atomic E-state index is 12.5. The van der Waals surface area contributed by atoms with Crippen molar-refractivity contribution in [3.8, 4) is 0 Å². The number of carbonyl (C=O) groups is 2. The van der Waals surface area contributed by atoms with Crippen LogP contribution in [0.25, 0.3) is 0 Å². The zero-order valence-electron chi connectivity index (χ0n) is 15.3. The molecule has 0 unspecified atom stereocenters. The van der Waals surface area contributed by atoms with Gasteiger partial charge in [0.15, 0.2) is 0 Å². The van der Waals surface area contributed by atoms with Gasteiger partial charge in [0.1, 0.15) is 0 Å². The summed E-state index contributed by atoms with van der Waals surface area (Å²) in [4.78, 5) is 24.7. The summed E-state index contributed by atoms with van der Waals surface area (Å²) in [7, 11) is -2.44. The Morgan fingerprint density at radius 3 is 2.30 bits per heavy atom. The third-order valence-corrected chi connectivity index (χ3v) is 5.62. The quantitative estimate of drug-likeness (QED) is 0.723. The third-order valence-electron chi connectivity index (χ3n) is 3.80. The Morgan fingerprint density at radius 2 is 1.63 bits per heavy atom. The van der Waals surface area contributed by atoms with Gasteiger partial charge in [-0.2, -0.15) is 4.31 Å². The Balaban J connectivity index is 2.09. The van der Waals surface area contributed by atoms with Crippen LogP contribution in [0.5, 0.6) is 0 Å². The number of amides is 2. The number of rotatable bonds is 8. The number of carbonyl (C=O) groups excluding carboxylic acids is 2. The van der Waals surface area contributed by atoms with E-state index in [1.807, 2.05) is 6.92 Å². The first kappa shape index (κ1) is 20.6. The minimum atomic E-state index is -3.77. The number of nitrogens with zero attached hydrogens (tertiary/aromatic N) is 1. The molecular weight excluding hydrogens is 366 g/mol. The highest BCUT2D eigenvalue weighted by molar-refractivity contribution is 7.89. The normalized spacial score (nSPS) is 11.2. The first-order valence-electron chi connectivity index (χ1n) is 8.54. The molecule has 27 heavy (non-hydrogen) atoms. The molecule has 2 rings (SSSR count). The van der Waals surface area contributed by atoms with Crippen LogP contribution in [0.1, 0.15) is 23.7 Å². The third kappa shape index (κ3) is 5.38. The molecule has 0 fully saturated rings. The molecule has 0 spiro atoms. The summed E-state index contributed by atoms with van der Waals surface area (Å²) in [6.07, 6.45) is 0.794. The predicted octanol–water partition coefficient (Wildman–Crippen LogP) is 2.09. The number of sulfonamides is 1. The van der Waals surface area contributed by atoms with Gasteiger partial charge in [-0.05, 0) is 30.7 Å². The van der Waals surface area contributed by atoms with Gasteiger partial charge in [-0.3, -0.25) is 9.59 Å². The number of hydrogen-bond donors (Lipinski definition) is 2. The van der Waals surface area contributed by atoms with E-state index in [1.54, 1.807) is 42.5 Å². The lowest BCUT2D eigenvalue weighted by Crippen LogP contribution is -2.35. The summed E-state index contributed by atoms with van der Waals surface area (Å²) in [6, 6.07) is 14.5. The Bertz CT molecular complexity index is 898. The van der Waals surface area contributed by atoms with Gasteiger partial charge in [0.25, 0.3) is 5.91 Å². The largest absolute Gasteiger partial charge is 0.352 e. The second kappa shape index (κ2) is 9.29. The minimum Gasteiger partial charge on any atom is -0.352 e. The molecule has 0 atom stereocenters. The van der Waals surface area contributed by atoms with Crippen LogP contribution in [-0.4, -0.2) is 44.7 Å². The van der Waals surface area contributed by atoms with Crippen LogP contribution in [0, 0.1) is 0 Å². The van der Waals surface area contributed by atoms with E-state index >= 15 is 0 Å². The van der Waals surface area contributed by atoms with Crippen molar-refractivity contribution in [2.45, 2.75) is 18.2 Å². The zero-order valence-corrected chi connectivity index (χ0v) is 16.1. The Kier molecular flexibility index (Phi) is 7.09. The smallest absolute Gasteiger partial charge is 0.253 e. The highest BCUT2D eigenvalue weighted by atomic mass is 32.2. The van der Waals surface area contributed by atoms with Crippen LogP contribution in [0.2, 0.25) is 0 Å². The van der Waals surface area contributed by atoms with Gasteiger partial charge in [0.05, 0.1) is 22.7 Å². The second-order valence-corrected chi connectivity index (χ2v) is 7.97. The molecule has 0 saturated carbocycles. The fourth-order valence-corrected chi connectivity index (χ4v) is 3.52. The molecule has 0 aliphatic rings. The Hall–Kier alpha value is -2.71. The van der Waals surface area contributed by atoms with Gasteiger partial charge in [-0.1, -0.05) is 37.3 Å². The van der Waals surface area contributed by atoms with Crippen LogP contribution in [0.15, 0.2) is 59.5 Å². The topological polar surface area (TPSA) is 95.6 Å². The van der Waals surface area contributed by atoms with E-state index in [4.69, 9.17) is 0 Å². The summed E-state index contributed by atoms with van der Waals surface area (Å²) in [5, 5.41) is 5.37. The van der Waals surface area contributed by atoms with Gasteiger partial charge in [-0.25, -0.2) is 8.42 Å². The molecule has 0 aliphatic carbocycles. The molecule has 0 heterocycles. The number of para-hydroxylation sites is 1. The fraction of sp³-hybridized carbons (Fsp3) is 0.263. The first-order valence-corrected chi connectivity index (χ1v) is 9.98. The Labute approximate surface area is 159 Å². The predicted molar refractivity (Wildman–Crippen MR) is 104 cm³/mol. The molecule has 2 N–H and O–H groups in total. The van der Waals surface area contributed by atoms with Crippen molar-refractivity contribution < 1.29 is 18.0 Å². The number of hydrogen-bond acceptors (Lipinski definition) is 4. The van der Waals surface area contributed by atoms with Crippen molar-refractivity contribution in [2.75, 3.05) is 25.5 Å². The summed E-state index contributed by atoms with van der Waals surface area (Å²) in [5.74, 6) is -0.828. The average molecular weight is 389 g/mol. The average Bonchev–Trinajstić information content (AvgIpc) is 2.67.